The number of rotatable bonds is 7. The molecule has 1 aliphatic heterocycles. The summed E-state index contributed by atoms with van der Waals surface area (Å²) in [4.78, 5) is 12.2. The second-order valence-corrected chi connectivity index (χ2v) is 8.30. The van der Waals surface area contributed by atoms with Crippen molar-refractivity contribution in [2.75, 3.05) is 13.1 Å². The molecule has 0 aromatic heterocycles. The molecule has 8 heteroatoms. The minimum absolute atomic E-state index is 0. The first kappa shape index (κ1) is 21.9. The molecule has 0 unspecified atom stereocenters. The summed E-state index contributed by atoms with van der Waals surface area (Å²) in [5.74, 6) is 0.0177. The average Bonchev–Trinajstić information content (AvgIpc) is 2.53. The molecule has 6 nitrogen and oxygen atoms in total. The van der Waals surface area contributed by atoms with Gasteiger partial charge < -0.3 is 10.6 Å². The van der Waals surface area contributed by atoms with Gasteiger partial charge in [-0.3, -0.25) is 4.79 Å². The molecule has 1 aromatic carbocycles. The Morgan fingerprint density at radius 2 is 1.80 bits per heavy atom. The zero-order valence-corrected chi connectivity index (χ0v) is 16.4. The van der Waals surface area contributed by atoms with Crippen LogP contribution in [0.25, 0.3) is 0 Å². The molecule has 0 atom stereocenters. The molecule has 1 saturated heterocycles. The predicted octanol–water partition coefficient (Wildman–Crippen LogP) is 1.55. The molecule has 0 aliphatic carbocycles. The van der Waals surface area contributed by atoms with Crippen molar-refractivity contribution < 1.29 is 13.2 Å². The third kappa shape index (κ3) is 7.32. The van der Waals surface area contributed by atoms with Crippen LogP contribution in [0.15, 0.2) is 24.3 Å². The number of sulfonamides is 1. The number of amides is 1. The molecule has 0 bridgehead atoms. The van der Waals surface area contributed by atoms with E-state index in [2.05, 4.69) is 15.4 Å². The monoisotopic (exact) mass is 389 g/mol. The summed E-state index contributed by atoms with van der Waals surface area (Å²) < 4.78 is 26.9. The molecule has 25 heavy (non-hydrogen) atoms. The van der Waals surface area contributed by atoms with Gasteiger partial charge in [0, 0.05) is 18.5 Å². The maximum atomic E-state index is 12.2. The van der Waals surface area contributed by atoms with Crippen LogP contribution in [0, 0.1) is 5.92 Å². The Morgan fingerprint density at radius 3 is 2.40 bits per heavy atom. The first-order valence-electron chi connectivity index (χ1n) is 8.42. The van der Waals surface area contributed by atoms with Crippen LogP contribution in [0.2, 0.25) is 0 Å². The van der Waals surface area contributed by atoms with Gasteiger partial charge in [0.15, 0.2) is 0 Å². The fourth-order valence-corrected chi connectivity index (χ4v) is 4.38. The number of carbonyl (C=O) groups is 1. The van der Waals surface area contributed by atoms with Crippen LogP contribution in [0.3, 0.4) is 0 Å². The second-order valence-electron chi connectivity index (χ2n) is 6.54. The van der Waals surface area contributed by atoms with E-state index in [9.17, 15) is 13.2 Å². The van der Waals surface area contributed by atoms with E-state index >= 15 is 0 Å². The number of nitrogens with one attached hydrogen (secondary N) is 3. The number of carbonyl (C=O) groups excluding carboxylic acids is 1. The third-order valence-corrected chi connectivity index (χ3v) is 5.56. The molecule has 142 valence electrons. The van der Waals surface area contributed by atoms with Crippen molar-refractivity contribution in [2.24, 2.45) is 5.92 Å². The zero-order valence-electron chi connectivity index (χ0n) is 14.7. The van der Waals surface area contributed by atoms with Gasteiger partial charge in [-0.05, 0) is 50.9 Å². The lowest BCUT2D eigenvalue weighted by Crippen LogP contribution is -2.38. The van der Waals surface area contributed by atoms with E-state index in [0.29, 0.717) is 6.54 Å². The Hall–Kier alpha value is -1.15. The normalized spacial score (nSPS) is 15.6. The van der Waals surface area contributed by atoms with E-state index in [4.69, 9.17) is 0 Å². The van der Waals surface area contributed by atoms with Crippen molar-refractivity contribution in [3.63, 3.8) is 0 Å². The fraction of sp³-hybridized carbons (Fsp3) is 0.588. The highest BCUT2D eigenvalue weighted by atomic mass is 35.5. The van der Waals surface area contributed by atoms with Crippen molar-refractivity contribution in [1.82, 2.24) is 15.4 Å². The van der Waals surface area contributed by atoms with Crippen LogP contribution < -0.4 is 15.4 Å². The molecule has 0 spiro atoms. The summed E-state index contributed by atoms with van der Waals surface area (Å²) in [7, 11) is -3.39. The van der Waals surface area contributed by atoms with E-state index in [1.165, 1.54) is 0 Å². The smallest absolute Gasteiger partial charge is 0.223 e. The van der Waals surface area contributed by atoms with Gasteiger partial charge in [-0.2, -0.15) is 0 Å². The van der Waals surface area contributed by atoms with Gasteiger partial charge in [0.05, 0.1) is 5.75 Å². The minimum Gasteiger partial charge on any atom is -0.352 e. The molecule has 1 fully saturated rings. The van der Waals surface area contributed by atoms with Crippen LogP contribution >= 0.6 is 12.4 Å². The number of piperidine rings is 1. The van der Waals surface area contributed by atoms with Crippen molar-refractivity contribution in [1.29, 1.82) is 0 Å². The van der Waals surface area contributed by atoms with E-state index in [1.807, 2.05) is 18.2 Å². The number of halogens is 1. The van der Waals surface area contributed by atoms with Gasteiger partial charge in [-0.15, -0.1) is 12.4 Å². The number of hydrogen-bond donors (Lipinski definition) is 3. The van der Waals surface area contributed by atoms with Crippen LogP contribution in [0.5, 0.6) is 0 Å². The Labute approximate surface area is 156 Å². The fourth-order valence-electron chi connectivity index (χ4n) is 2.89. The summed E-state index contributed by atoms with van der Waals surface area (Å²) in [5, 5.41) is 6.19. The van der Waals surface area contributed by atoms with Crippen molar-refractivity contribution in [3.05, 3.63) is 35.4 Å². The Morgan fingerprint density at radius 1 is 1.20 bits per heavy atom. The second kappa shape index (κ2) is 10.1. The molecule has 1 heterocycles. The van der Waals surface area contributed by atoms with Gasteiger partial charge in [-0.1, -0.05) is 24.3 Å². The van der Waals surface area contributed by atoms with Gasteiger partial charge in [0.1, 0.15) is 0 Å². The lowest BCUT2D eigenvalue weighted by atomic mass is 9.97. The van der Waals surface area contributed by atoms with Crippen molar-refractivity contribution in [3.8, 4) is 0 Å². The molecule has 0 saturated carbocycles. The molecular formula is C17H28ClN3O3S. The Kier molecular flexibility index (Phi) is 8.85. The van der Waals surface area contributed by atoms with Crippen LogP contribution in [0.1, 0.15) is 37.8 Å². The van der Waals surface area contributed by atoms with Crippen molar-refractivity contribution >= 4 is 28.3 Å². The predicted molar refractivity (Wildman–Crippen MR) is 102 cm³/mol. The van der Waals surface area contributed by atoms with Gasteiger partial charge in [0.2, 0.25) is 15.9 Å². The SMILES string of the molecule is CC(C)NS(=O)(=O)Cc1ccccc1CNC(=O)C1CCNCC1.Cl. The molecule has 1 aromatic rings. The quantitative estimate of drug-likeness (QED) is 0.660. The van der Waals surface area contributed by atoms with E-state index in [-0.39, 0.29) is 36.0 Å². The third-order valence-electron chi connectivity index (χ3n) is 4.04. The van der Waals surface area contributed by atoms with Crippen molar-refractivity contribution in [2.45, 2.75) is 45.0 Å². The maximum absolute atomic E-state index is 12.2. The van der Waals surface area contributed by atoms with E-state index < -0.39 is 10.0 Å². The Bertz CT molecular complexity index is 659. The molecule has 1 aliphatic rings. The summed E-state index contributed by atoms with van der Waals surface area (Å²) >= 11 is 0. The van der Waals surface area contributed by atoms with Crippen LogP contribution in [0.4, 0.5) is 0 Å². The Balaban J connectivity index is 0.00000312. The zero-order chi connectivity index (χ0) is 17.6. The summed E-state index contributed by atoms with van der Waals surface area (Å²) in [6, 6.07) is 7.20. The summed E-state index contributed by atoms with van der Waals surface area (Å²) in [6.07, 6.45) is 1.69. The lowest BCUT2D eigenvalue weighted by molar-refractivity contribution is -0.125. The summed E-state index contributed by atoms with van der Waals surface area (Å²) in [5.41, 5.74) is 1.56. The molecule has 0 radical (unpaired) electrons. The number of hydrogen-bond acceptors (Lipinski definition) is 4. The van der Waals surface area contributed by atoms with E-state index in [0.717, 1.165) is 37.1 Å². The molecule has 1 amide bonds. The highest BCUT2D eigenvalue weighted by molar-refractivity contribution is 7.88. The first-order valence-corrected chi connectivity index (χ1v) is 10.1. The van der Waals surface area contributed by atoms with E-state index in [1.54, 1.807) is 19.9 Å². The van der Waals surface area contributed by atoms with Gasteiger partial charge >= 0.3 is 0 Å². The van der Waals surface area contributed by atoms with Gasteiger partial charge in [0.25, 0.3) is 0 Å². The summed E-state index contributed by atoms with van der Waals surface area (Å²) in [6.45, 7) is 5.68. The van der Waals surface area contributed by atoms with Crippen LogP contribution in [-0.4, -0.2) is 33.5 Å². The molecule has 3 N–H and O–H groups in total. The van der Waals surface area contributed by atoms with Crippen LogP contribution in [-0.2, 0) is 27.1 Å². The topological polar surface area (TPSA) is 87.3 Å². The average molecular weight is 390 g/mol. The first-order chi connectivity index (χ1) is 11.4. The minimum atomic E-state index is -3.39. The molecular weight excluding hydrogens is 362 g/mol. The lowest BCUT2D eigenvalue weighted by Gasteiger charge is -2.22. The highest BCUT2D eigenvalue weighted by Gasteiger charge is 2.21. The standard InChI is InChI=1S/C17H27N3O3S.ClH/c1-13(2)20-24(22,23)12-16-6-4-3-5-15(16)11-19-17(21)14-7-9-18-10-8-14;/h3-6,13-14,18,20H,7-12H2,1-2H3,(H,19,21);1H. The molecule has 2 rings (SSSR count). The highest BCUT2D eigenvalue weighted by Crippen LogP contribution is 2.15. The van der Waals surface area contributed by atoms with Gasteiger partial charge in [-0.25, -0.2) is 13.1 Å². The maximum Gasteiger partial charge on any atom is 0.223 e. The number of benzene rings is 1. The largest absolute Gasteiger partial charge is 0.352 e.